The van der Waals surface area contributed by atoms with Crippen molar-refractivity contribution < 1.29 is 27.3 Å². The number of ketones is 1. The van der Waals surface area contributed by atoms with Crippen LogP contribution in [0.3, 0.4) is 0 Å². The van der Waals surface area contributed by atoms with Gasteiger partial charge in [0.15, 0.2) is 18.2 Å². The van der Waals surface area contributed by atoms with Gasteiger partial charge in [0.1, 0.15) is 6.04 Å². The third-order valence-corrected chi connectivity index (χ3v) is 6.99. The summed E-state index contributed by atoms with van der Waals surface area (Å²) in [5, 5.41) is 3.88. The molecule has 1 aliphatic heterocycles. The molecule has 0 radical (unpaired) electrons. The number of piperidine rings is 1. The summed E-state index contributed by atoms with van der Waals surface area (Å²) in [6.07, 6.45) is 1.72. The minimum absolute atomic E-state index is 0.0314. The minimum atomic E-state index is -3.93. The topological polar surface area (TPSA) is 120 Å². The number of aromatic nitrogens is 2. The maximum absolute atomic E-state index is 13.2. The lowest BCUT2D eigenvalue weighted by Gasteiger charge is -2.32. The molecule has 168 valence electrons. The van der Waals surface area contributed by atoms with Crippen molar-refractivity contribution in [2.24, 2.45) is 0 Å². The van der Waals surface area contributed by atoms with Gasteiger partial charge in [-0.2, -0.15) is 9.29 Å². The van der Waals surface area contributed by atoms with Crippen LogP contribution >= 0.6 is 0 Å². The molecule has 1 atom stereocenters. The highest BCUT2D eigenvalue weighted by Crippen LogP contribution is 2.27. The van der Waals surface area contributed by atoms with E-state index in [9.17, 15) is 18.0 Å². The average Bonchev–Trinajstić information content (AvgIpc) is 3.22. The summed E-state index contributed by atoms with van der Waals surface area (Å²) in [6.45, 7) is 7.20. The second-order valence-corrected chi connectivity index (χ2v) is 10.5. The van der Waals surface area contributed by atoms with Crippen LogP contribution in [0.2, 0.25) is 0 Å². The number of benzene rings is 1. The predicted octanol–water partition coefficient (Wildman–Crippen LogP) is 2.86. The molecule has 31 heavy (non-hydrogen) atoms. The van der Waals surface area contributed by atoms with Gasteiger partial charge in [0.05, 0.1) is 4.90 Å². The van der Waals surface area contributed by atoms with E-state index in [-0.39, 0.29) is 35.1 Å². The number of Topliss-reactive ketones (excluding diaryl/α,β-unsaturated/α-hetero) is 1. The molecule has 0 spiro atoms. The van der Waals surface area contributed by atoms with Crippen LogP contribution in [0.25, 0.3) is 0 Å². The Morgan fingerprint density at radius 1 is 1.19 bits per heavy atom. The number of ether oxygens (including phenoxy) is 1. The summed E-state index contributed by atoms with van der Waals surface area (Å²) < 4.78 is 37.9. The largest absolute Gasteiger partial charge is 0.454 e. The summed E-state index contributed by atoms with van der Waals surface area (Å²) in [5.41, 5.74) is 0.112. The number of carbonyl (C=O) groups is 2. The maximum Gasteiger partial charge on any atom is 0.324 e. The van der Waals surface area contributed by atoms with Gasteiger partial charge in [-0.15, -0.1) is 0 Å². The minimum Gasteiger partial charge on any atom is -0.454 e. The van der Waals surface area contributed by atoms with Crippen LogP contribution in [0.4, 0.5) is 0 Å². The van der Waals surface area contributed by atoms with E-state index >= 15 is 0 Å². The average molecular weight is 450 g/mol. The number of hydrogen-bond donors (Lipinski definition) is 0. The van der Waals surface area contributed by atoms with E-state index in [4.69, 9.17) is 9.26 Å². The van der Waals surface area contributed by atoms with Crippen LogP contribution in [0, 0.1) is 0 Å². The van der Waals surface area contributed by atoms with Crippen LogP contribution in [0.15, 0.2) is 33.7 Å². The molecule has 0 saturated carbocycles. The number of hydrogen-bond acceptors (Lipinski definition) is 8. The van der Waals surface area contributed by atoms with Crippen molar-refractivity contribution in [3.63, 3.8) is 0 Å². The van der Waals surface area contributed by atoms with Gasteiger partial charge in [-0.3, -0.25) is 9.59 Å². The van der Waals surface area contributed by atoms with Gasteiger partial charge in [0, 0.05) is 17.5 Å². The van der Waals surface area contributed by atoms with Crippen molar-refractivity contribution in [3.8, 4) is 0 Å². The molecule has 0 aliphatic carbocycles. The molecule has 1 fully saturated rings. The molecule has 0 amide bonds. The smallest absolute Gasteiger partial charge is 0.324 e. The zero-order valence-electron chi connectivity index (χ0n) is 18.1. The van der Waals surface area contributed by atoms with E-state index in [0.717, 1.165) is 0 Å². The highest BCUT2D eigenvalue weighted by atomic mass is 32.2. The first kappa shape index (κ1) is 23.1. The zero-order chi connectivity index (χ0) is 22.8. The zero-order valence-corrected chi connectivity index (χ0v) is 18.9. The molecule has 1 unspecified atom stereocenters. The van der Waals surface area contributed by atoms with Crippen LogP contribution in [-0.4, -0.2) is 47.2 Å². The van der Waals surface area contributed by atoms with Gasteiger partial charge in [-0.25, -0.2) is 8.42 Å². The van der Waals surface area contributed by atoms with Crippen molar-refractivity contribution in [1.29, 1.82) is 0 Å². The number of carbonyl (C=O) groups excluding carboxylic acids is 2. The fourth-order valence-corrected chi connectivity index (χ4v) is 4.92. The Kier molecular flexibility index (Phi) is 6.61. The standard InChI is InChI=1S/C21H27N3O6S/c1-14(25)15-8-10-16(11-9-15)31(27,28)24-12-6-5-7-17(24)19(26)29-13-18-22-20(23-30-18)21(2,3)4/h8-11,17H,5-7,12-13H2,1-4H3. The van der Waals surface area contributed by atoms with Gasteiger partial charge in [-0.1, -0.05) is 38.1 Å². The fraction of sp³-hybridized carbons (Fsp3) is 0.524. The van der Waals surface area contributed by atoms with E-state index in [1.165, 1.54) is 35.5 Å². The highest BCUT2D eigenvalue weighted by molar-refractivity contribution is 7.89. The lowest BCUT2D eigenvalue weighted by Crippen LogP contribution is -2.48. The molecule has 2 aromatic rings. The van der Waals surface area contributed by atoms with Crippen molar-refractivity contribution in [1.82, 2.24) is 14.4 Å². The first-order valence-corrected chi connectivity index (χ1v) is 11.6. The van der Waals surface area contributed by atoms with Crippen molar-refractivity contribution >= 4 is 21.8 Å². The third kappa shape index (κ3) is 5.19. The summed E-state index contributed by atoms with van der Waals surface area (Å²) in [5.74, 6) is -0.157. The molecule has 3 rings (SSSR count). The van der Waals surface area contributed by atoms with E-state index < -0.39 is 22.0 Å². The molecular weight excluding hydrogens is 422 g/mol. The van der Waals surface area contributed by atoms with E-state index in [0.29, 0.717) is 30.7 Å². The first-order chi connectivity index (χ1) is 14.5. The summed E-state index contributed by atoms with van der Waals surface area (Å²) >= 11 is 0. The molecule has 1 aromatic heterocycles. The van der Waals surface area contributed by atoms with Gasteiger partial charge in [0.25, 0.3) is 5.89 Å². The molecular formula is C21H27N3O6S. The third-order valence-electron chi connectivity index (χ3n) is 5.07. The molecule has 1 aromatic carbocycles. The van der Waals surface area contributed by atoms with Crippen LogP contribution < -0.4 is 0 Å². The summed E-state index contributed by atoms with van der Waals surface area (Å²) in [4.78, 5) is 28.5. The van der Waals surface area contributed by atoms with Crippen molar-refractivity contribution in [2.45, 2.75) is 69.9 Å². The molecule has 0 N–H and O–H groups in total. The van der Waals surface area contributed by atoms with Crippen LogP contribution in [0.5, 0.6) is 0 Å². The Balaban J connectivity index is 1.74. The van der Waals surface area contributed by atoms with Crippen LogP contribution in [0.1, 0.15) is 69.0 Å². The lowest BCUT2D eigenvalue weighted by molar-refractivity contribution is -0.151. The monoisotopic (exact) mass is 449 g/mol. The van der Waals surface area contributed by atoms with Gasteiger partial charge < -0.3 is 9.26 Å². The maximum atomic E-state index is 13.2. The van der Waals surface area contributed by atoms with E-state index in [2.05, 4.69) is 10.1 Å². The SMILES string of the molecule is CC(=O)c1ccc(S(=O)(=O)N2CCCCC2C(=O)OCc2nc(C(C)(C)C)no2)cc1. The number of nitrogens with zero attached hydrogens (tertiary/aromatic N) is 3. The summed E-state index contributed by atoms with van der Waals surface area (Å²) in [6, 6.07) is 4.77. The van der Waals surface area contributed by atoms with E-state index in [1.807, 2.05) is 20.8 Å². The number of rotatable bonds is 6. The quantitative estimate of drug-likeness (QED) is 0.488. The second kappa shape index (κ2) is 8.88. The Hall–Kier alpha value is -2.59. The Bertz CT molecular complexity index is 1050. The lowest BCUT2D eigenvalue weighted by atomic mass is 9.96. The van der Waals surface area contributed by atoms with Crippen LogP contribution in [-0.2, 0) is 31.6 Å². The Labute approximate surface area is 181 Å². The predicted molar refractivity (Wildman–Crippen MR) is 111 cm³/mol. The molecule has 1 saturated heterocycles. The number of esters is 1. The highest BCUT2D eigenvalue weighted by Gasteiger charge is 2.38. The molecule has 10 heteroatoms. The van der Waals surface area contributed by atoms with Gasteiger partial charge >= 0.3 is 5.97 Å². The Morgan fingerprint density at radius 3 is 2.45 bits per heavy atom. The molecule has 9 nitrogen and oxygen atoms in total. The summed E-state index contributed by atoms with van der Waals surface area (Å²) in [7, 11) is -3.93. The van der Waals surface area contributed by atoms with Crippen molar-refractivity contribution in [2.75, 3.05) is 6.54 Å². The fourth-order valence-electron chi connectivity index (χ4n) is 3.27. The molecule has 2 heterocycles. The second-order valence-electron chi connectivity index (χ2n) is 8.58. The first-order valence-electron chi connectivity index (χ1n) is 10.1. The molecule has 1 aliphatic rings. The Morgan fingerprint density at radius 2 is 1.87 bits per heavy atom. The van der Waals surface area contributed by atoms with Crippen molar-refractivity contribution in [3.05, 3.63) is 41.5 Å². The molecule has 0 bridgehead atoms. The van der Waals surface area contributed by atoms with Gasteiger partial charge in [0.2, 0.25) is 10.0 Å². The normalized spacial score (nSPS) is 18.0. The van der Waals surface area contributed by atoms with E-state index in [1.54, 1.807) is 0 Å². The number of sulfonamides is 1. The van der Waals surface area contributed by atoms with Gasteiger partial charge in [-0.05, 0) is 38.3 Å².